The molecule has 162 valence electrons. The fourth-order valence-electron chi connectivity index (χ4n) is 5.22. The Labute approximate surface area is 186 Å². The van der Waals surface area contributed by atoms with E-state index in [4.69, 9.17) is 9.15 Å². The smallest absolute Gasteiger partial charge is 0.355 e. The monoisotopic (exact) mass is 438 g/mol. The van der Waals surface area contributed by atoms with Gasteiger partial charge in [0.05, 0.1) is 25.9 Å². The molecule has 0 radical (unpaired) electrons. The van der Waals surface area contributed by atoms with Gasteiger partial charge in [0.25, 0.3) is 0 Å². The maximum absolute atomic E-state index is 13.5. The van der Waals surface area contributed by atoms with Crippen LogP contribution in [0.15, 0.2) is 70.7 Å². The highest BCUT2D eigenvalue weighted by Crippen LogP contribution is 2.41. The van der Waals surface area contributed by atoms with Crippen LogP contribution in [0.1, 0.15) is 35.5 Å². The fourth-order valence-corrected chi connectivity index (χ4v) is 5.91. The van der Waals surface area contributed by atoms with Crippen LogP contribution in [0, 0.1) is 5.92 Å². The third kappa shape index (κ3) is 3.73. The van der Waals surface area contributed by atoms with Crippen LogP contribution >= 0.6 is 11.3 Å². The summed E-state index contributed by atoms with van der Waals surface area (Å²) in [7, 11) is 0. The highest BCUT2D eigenvalue weighted by atomic mass is 32.1. The molecule has 1 N–H and O–H groups in total. The molecule has 0 amide bonds. The number of nitrogens with zero attached hydrogens (tertiary/aromatic N) is 1. The average Bonchev–Trinajstić information content (AvgIpc) is 3.53. The zero-order valence-electron chi connectivity index (χ0n) is 17.5. The van der Waals surface area contributed by atoms with Crippen molar-refractivity contribution in [3.8, 4) is 0 Å². The van der Waals surface area contributed by atoms with E-state index in [0.717, 1.165) is 37.0 Å². The Morgan fingerprint density at radius 1 is 1.13 bits per heavy atom. The van der Waals surface area contributed by atoms with Crippen LogP contribution in [0.3, 0.4) is 0 Å². The molecule has 2 aromatic heterocycles. The number of fused-ring (bicyclic) bond motifs is 3. The Kier molecular flexibility index (Phi) is 5.46. The normalized spacial score (nSPS) is 27.0. The summed E-state index contributed by atoms with van der Waals surface area (Å²) in [6.45, 7) is 3.01. The number of aliphatic hydroxyl groups is 1. The number of benzene rings is 1. The van der Waals surface area contributed by atoms with E-state index in [9.17, 15) is 9.90 Å². The van der Waals surface area contributed by atoms with Gasteiger partial charge in [-0.05, 0) is 29.5 Å². The van der Waals surface area contributed by atoms with E-state index in [-0.39, 0.29) is 12.0 Å². The molecular weight excluding hydrogens is 410 g/mol. The van der Waals surface area contributed by atoms with E-state index in [0.29, 0.717) is 11.5 Å². The minimum Gasteiger partial charge on any atom is -0.465 e. The van der Waals surface area contributed by atoms with Gasteiger partial charge >= 0.3 is 5.97 Å². The van der Waals surface area contributed by atoms with E-state index in [2.05, 4.69) is 17.5 Å². The number of carbonyl (C=O) groups is 1. The average molecular weight is 439 g/mol. The van der Waals surface area contributed by atoms with Gasteiger partial charge in [-0.3, -0.25) is 4.48 Å². The first-order valence-corrected chi connectivity index (χ1v) is 11.9. The van der Waals surface area contributed by atoms with Crippen molar-refractivity contribution in [2.75, 3.05) is 19.6 Å². The van der Waals surface area contributed by atoms with Crippen LogP contribution in [-0.2, 0) is 21.6 Å². The predicted molar refractivity (Wildman–Crippen MR) is 118 cm³/mol. The molecule has 2 bridgehead atoms. The van der Waals surface area contributed by atoms with E-state index in [1.807, 2.05) is 6.07 Å². The Morgan fingerprint density at radius 2 is 1.94 bits per heavy atom. The lowest BCUT2D eigenvalue weighted by Crippen LogP contribution is -2.66. The van der Waals surface area contributed by atoms with Gasteiger partial charge in [0, 0.05) is 36.1 Å². The fraction of sp³-hybridized carbons (Fsp3) is 0.400. The molecule has 1 aromatic carbocycles. The number of carbonyl (C=O) groups excluding carboxylic acids is 1. The summed E-state index contributed by atoms with van der Waals surface area (Å²) in [4.78, 5) is 14.9. The summed E-state index contributed by atoms with van der Waals surface area (Å²) in [6, 6.07) is 16.5. The zero-order valence-corrected chi connectivity index (χ0v) is 18.3. The van der Waals surface area contributed by atoms with Gasteiger partial charge in [-0.15, -0.1) is 11.3 Å². The number of hydrogen-bond acceptors (Lipinski definition) is 5. The molecule has 3 aliphatic rings. The summed E-state index contributed by atoms with van der Waals surface area (Å²) in [5.74, 6) is 0.123. The number of ether oxygens (including phenoxy) is 1. The van der Waals surface area contributed by atoms with Crippen LogP contribution in [0.2, 0.25) is 0 Å². The van der Waals surface area contributed by atoms with Crippen molar-refractivity contribution >= 4 is 17.3 Å². The van der Waals surface area contributed by atoms with Gasteiger partial charge in [0.2, 0.25) is 11.8 Å². The Hall–Kier alpha value is -2.41. The van der Waals surface area contributed by atoms with E-state index < -0.39 is 11.6 Å². The maximum atomic E-state index is 13.5. The van der Waals surface area contributed by atoms with Crippen molar-refractivity contribution in [1.82, 2.24) is 0 Å². The van der Waals surface area contributed by atoms with Crippen molar-refractivity contribution in [3.63, 3.8) is 0 Å². The molecule has 6 rings (SSSR count). The standard InChI is InChI=1S/C25H28NO4S/c27-24(25(28,22-9-4-16-29-22)20-6-2-1-3-7-20)30-23-18-19-10-13-26(23,14-11-19)15-12-21-8-5-17-31-21/h1-9,16-17,19,23,28H,10-15,18H2/q+1/t19?,23-,25?,26?/m1/s1. The van der Waals surface area contributed by atoms with Crippen molar-refractivity contribution < 1.29 is 23.5 Å². The van der Waals surface area contributed by atoms with E-state index in [1.54, 1.807) is 47.7 Å². The summed E-state index contributed by atoms with van der Waals surface area (Å²) in [6.07, 6.45) is 5.44. The quantitative estimate of drug-likeness (QED) is 0.441. The first-order chi connectivity index (χ1) is 15.1. The lowest BCUT2D eigenvalue weighted by atomic mass is 9.84. The summed E-state index contributed by atoms with van der Waals surface area (Å²) in [5, 5.41) is 13.7. The number of piperidine rings is 3. The minimum atomic E-state index is -1.96. The second kappa shape index (κ2) is 8.26. The van der Waals surface area contributed by atoms with Gasteiger partial charge in [-0.25, -0.2) is 4.79 Å². The molecule has 0 saturated carbocycles. The highest BCUT2D eigenvalue weighted by molar-refractivity contribution is 7.09. The molecule has 6 heteroatoms. The summed E-state index contributed by atoms with van der Waals surface area (Å²) >= 11 is 1.78. The largest absolute Gasteiger partial charge is 0.465 e. The number of quaternary nitrogens is 1. The number of thiophene rings is 1. The van der Waals surface area contributed by atoms with Crippen molar-refractivity contribution in [3.05, 3.63) is 82.4 Å². The third-order valence-corrected chi connectivity index (χ3v) is 8.04. The van der Waals surface area contributed by atoms with Crippen LogP contribution in [0.25, 0.3) is 0 Å². The molecule has 1 unspecified atom stereocenters. The molecule has 3 saturated heterocycles. The molecule has 2 atom stereocenters. The first-order valence-electron chi connectivity index (χ1n) is 11.0. The SMILES string of the molecule is O=C(O[C@@H]1CC2CC[N+]1(CCc1cccs1)CC2)C(O)(c1ccccc1)c1ccco1. The van der Waals surface area contributed by atoms with Crippen molar-refractivity contribution in [2.45, 2.75) is 37.5 Å². The second-order valence-corrected chi connectivity index (χ2v) is 9.84. The highest BCUT2D eigenvalue weighted by Gasteiger charge is 2.53. The lowest BCUT2D eigenvalue weighted by Gasteiger charge is -2.53. The summed E-state index contributed by atoms with van der Waals surface area (Å²) < 4.78 is 12.5. The zero-order chi connectivity index (χ0) is 21.3. The molecule has 3 fully saturated rings. The van der Waals surface area contributed by atoms with E-state index in [1.165, 1.54) is 24.0 Å². The van der Waals surface area contributed by atoms with Crippen LogP contribution in [0.5, 0.6) is 0 Å². The number of esters is 1. The lowest BCUT2D eigenvalue weighted by molar-refractivity contribution is -0.984. The van der Waals surface area contributed by atoms with Gasteiger partial charge < -0.3 is 14.3 Å². The molecule has 3 aliphatic heterocycles. The molecule has 0 aliphatic carbocycles. The van der Waals surface area contributed by atoms with Crippen molar-refractivity contribution in [1.29, 1.82) is 0 Å². The van der Waals surface area contributed by atoms with Crippen molar-refractivity contribution in [2.24, 2.45) is 5.92 Å². The summed E-state index contributed by atoms with van der Waals surface area (Å²) in [5.41, 5.74) is -1.50. The van der Waals surface area contributed by atoms with Gasteiger partial charge in [-0.2, -0.15) is 0 Å². The van der Waals surface area contributed by atoms with Crippen LogP contribution < -0.4 is 0 Å². The molecular formula is C25H28NO4S+. The van der Waals surface area contributed by atoms with E-state index >= 15 is 0 Å². The van der Waals surface area contributed by atoms with Gasteiger partial charge in [-0.1, -0.05) is 36.4 Å². The topological polar surface area (TPSA) is 59.7 Å². The predicted octanol–water partition coefficient (Wildman–Crippen LogP) is 4.32. The molecule has 0 spiro atoms. The van der Waals surface area contributed by atoms with Crippen LogP contribution in [0.4, 0.5) is 0 Å². The molecule has 5 nitrogen and oxygen atoms in total. The Balaban J connectivity index is 1.42. The number of furan rings is 1. The minimum absolute atomic E-state index is 0.185. The molecule has 3 aromatic rings. The third-order valence-electron chi connectivity index (χ3n) is 7.10. The van der Waals surface area contributed by atoms with Gasteiger partial charge in [0.15, 0.2) is 5.76 Å². The second-order valence-electron chi connectivity index (χ2n) is 8.81. The number of rotatable bonds is 7. The van der Waals surface area contributed by atoms with Gasteiger partial charge in [0.1, 0.15) is 0 Å². The number of hydrogen-bond donors (Lipinski definition) is 1. The Morgan fingerprint density at radius 3 is 2.61 bits per heavy atom. The maximum Gasteiger partial charge on any atom is 0.355 e. The molecule has 31 heavy (non-hydrogen) atoms. The molecule has 5 heterocycles. The Bertz CT molecular complexity index is 994. The van der Waals surface area contributed by atoms with Crippen LogP contribution in [-0.4, -0.2) is 41.4 Å². The first kappa shape index (κ1) is 20.5.